The van der Waals surface area contributed by atoms with Crippen LogP contribution in [0, 0.1) is 0 Å². The molecule has 0 bridgehead atoms. The van der Waals surface area contributed by atoms with Gasteiger partial charge >= 0.3 is 0 Å². The summed E-state index contributed by atoms with van der Waals surface area (Å²) in [4.78, 5) is 0. The van der Waals surface area contributed by atoms with Crippen molar-refractivity contribution in [2.24, 2.45) is 0 Å². The summed E-state index contributed by atoms with van der Waals surface area (Å²) in [6.45, 7) is 6.71. The molecule has 0 amide bonds. The Kier molecular flexibility index (Phi) is 3.06. The van der Waals surface area contributed by atoms with E-state index in [0.717, 1.165) is 18.6 Å². The molecule has 1 unspecified atom stereocenters. The molecule has 3 nitrogen and oxygen atoms in total. The molecule has 1 saturated heterocycles. The van der Waals surface area contributed by atoms with Crippen LogP contribution in [0.1, 0.15) is 50.7 Å². The lowest BCUT2D eigenvalue weighted by molar-refractivity contribution is -0.232. The predicted octanol–water partition coefficient (Wildman–Crippen LogP) is 3.57. The lowest BCUT2D eigenvalue weighted by Gasteiger charge is -2.30. The number of hydrogen-bond donors (Lipinski definition) is 0. The first kappa shape index (κ1) is 12.9. The van der Waals surface area contributed by atoms with E-state index in [9.17, 15) is 0 Å². The van der Waals surface area contributed by atoms with E-state index in [1.165, 1.54) is 11.1 Å². The van der Waals surface area contributed by atoms with Gasteiger partial charge in [0, 0.05) is 12.7 Å². The second kappa shape index (κ2) is 4.50. The Balaban J connectivity index is 1.89. The number of benzene rings is 1. The predicted molar refractivity (Wildman–Crippen MR) is 73.4 cm³/mol. The van der Waals surface area contributed by atoms with Gasteiger partial charge in [-0.25, -0.2) is 0 Å². The molecule has 0 aromatic heterocycles. The first-order valence-corrected chi connectivity index (χ1v) is 6.98. The SMILES string of the molecule is COC1CC[C@H]2c3cc(C(C)(C)C)ccc3O[C@H]2O1. The van der Waals surface area contributed by atoms with E-state index < -0.39 is 0 Å². The summed E-state index contributed by atoms with van der Waals surface area (Å²) in [6, 6.07) is 6.53. The second-order valence-electron chi connectivity index (χ2n) is 6.47. The van der Waals surface area contributed by atoms with Crippen molar-refractivity contribution in [1.29, 1.82) is 0 Å². The van der Waals surface area contributed by atoms with Crippen molar-refractivity contribution in [3.63, 3.8) is 0 Å². The van der Waals surface area contributed by atoms with Crippen LogP contribution in [0.15, 0.2) is 18.2 Å². The number of hydrogen-bond acceptors (Lipinski definition) is 3. The maximum absolute atomic E-state index is 5.91. The first-order valence-electron chi connectivity index (χ1n) is 6.98. The van der Waals surface area contributed by atoms with Gasteiger partial charge in [-0.1, -0.05) is 32.9 Å². The van der Waals surface area contributed by atoms with Crippen molar-refractivity contribution in [3.05, 3.63) is 29.3 Å². The van der Waals surface area contributed by atoms with Crippen molar-refractivity contribution >= 4 is 0 Å². The number of fused-ring (bicyclic) bond motifs is 3. The zero-order valence-corrected chi connectivity index (χ0v) is 12.1. The van der Waals surface area contributed by atoms with Crippen molar-refractivity contribution in [2.45, 2.75) is 57.5 Å². The average molecular weight is 262 g/mol. The molecule has 2 heterocycles. The van der Waals surface area contributed by atoms with E-state index in [0.29, 0.717) is 5.92 Å². The molecule has 1 fully saturated rings. The van der Waals surface area contributed by atoms with Crippen LogP contribution in [0.5, 0.6) is 5.75 Å². The monoisotopic (exact) mass is 262 g/mol. The van der Waals surface area contributed by atoms with Crippen molar-refractivity contribution < 1.29 is 14.2 Å². The molecule has 3 atom stereocenters. The molecule has 2 aliphatic rings. The Morgan fingerprint density at radius 3 is 2.68 bits per heavy atom. The van der Waals surface area contributed by atoms with Crippen LogP contribution in [-0.4, -0.2) is 19.7 Å². The standard InChI is InChI=1S/C16H22O3/c1-16(2,3)10-5-7-13-12(9-10)11-6-8-14(17-4)19-15(11)18-13/h5,7,9,11,14-15H,6,8H2,1-4H3/t11-,14?,15-/m0/s1. The van der Waals surface area contributed by atoms with Gasteiger partial charge in [0.25, 0.3) is 0 Å². The fraction of sp³-hybridized carbons (Fsp3) is 0.625. The number of ether oxygens (including phenoxy) is 3. The minimum atomic E-state index is -0.177. The van der Waals surface area contributed by atoms with Crippen LogP contribution in [0.3, 0.4) is 0 Å². The fourth-order valence-corrected chi connectivity index (χ4v) is 2.89. The molecule has 0 spiro atoms. The molecule has 2 aliphatic heterocycles. The van der Waals surface area contributed by atoms with Crippen LogP contribution < -0.4 is 4.74 Å². The molecule has 3 heteroatoms. The summed E-state index contributed by atoms with van der Waals surface area (Å²) in [5.74, 6) is 1.32. The molecule has 19 heavy (non-hydrogen) atoms. The van der Waals surface area contributed by atoms with Crippen LogP contribution >= 0.6 is 0 Å². The first-order chi connectivity index (χ1) is 8.99. The van der Waals surface area contributed by atoms with Crippen LogP contribution in [0.25, 0.3) is 0 Å². The smallest absolute Gasteiger partial charge is 0.209 e. The van der Waals surface area contributed by atoms with E-state index >= 15 is 0 Å². The number of methoxy groups -OCH3 is 1. The topological polar surface area (TPSA) is 27.7 Å². The molecule has 1 aromatic carbocycles. The van der Waals surface area contributed by atoms with Crippen LogP contribution in [0.2, 0.25) is 0 Å². The Labute approximate surface area is 114 Å². The highest BCUT2D eigenvalue weighted by Crippen LogP contribution is 2.46. The molecule has 1 aromatic rings. The Morgan fingerprint density at radius 2 is 2.00 bits per heavy atom. The molecule has 104 valence electrons. The molecule has 0 saturated carbocycles. The average Bonchev–Trinajstić information content (AvgIpc) is 2.73. The summed E-state index contributed by atoms with van der Waals surface area (Å²) in [7, 11) is 1.69. The van der Waals surface area contributed by atoms with Crippen molar-refractivity contribution in [2.75, 3.05) is 7.11 Å². The quantitative estimate of drug-likeness (QED) is 0.774. The summed E-state index contributed by atoms with van der Waals surface area (Å²) < 4.78 is 17.0. The van der Waals surface area contributed by atoms with E-state index in [-0.39, 0.29) is 18.0 Å². The maximum atomic E-state index is 5.91. The van der Waals surface area contributed by atoms with Crippen molar-refractivity contribution in [3.8, 4) is 5.75 Å². The van der Waals surface area contributed by atoms with Gasteiger partial charge < -0.3 is 14.2 Å². The molecular formula is C16H22O3. The van der Waals surface area contributed by atoms with Gasteiger partial charge in [0.15, 0.2) is 6.29 Å². The summed E-state index contributed by atoms with van der Waals surface area (Å²) in [5, 5.41) is 0. The summed E-state index contributed by atoms with van der Waals surface area (Å²) >= 11 is 0. The molecular weight excluding hydrogens is 240 g/mol. The van der Waals surface area contributed by atoms with Gasteiger partial charge in [-0.3, -0.25) is 0 Å². The van der Waals surface area contributed by atoms with E-state index in [1.54, 1.807) is 7.11 Å². The van der Waals surface area contributed by atoms with Gasteiger partial charge in [-0.2, -0.15) is 0 Å². The van der Waals surface area contributed by atoms with Crippen LogP contribution in [-0.2, 0) is 14.9 Å². The van der Waals surface area contributed by atoms with Crippen molar-refractivity contribution in [1.82, 2.24) is 0 Å². The lowest BCUT2D eigenvalue weighted by atomic mass is 9.83. The third-order valence-electron chi connectivity index (χ3n) is 4.11. The van der Waals surface area contributed by atoms with Gasteiger partial charge in [0.2, 0.25) is 6.29 Å². The highest BCUT2D eigenvalue weighted by molar-refractivity contribution is 5.45. The summed E-state index contributed by atoms with van der Waals surface area (Å²) in [5.41, 5.74) is 2.81. The third-order valence-corrected chi connectivity index (χ3v) is 4.11. The Morgan fingerprint density at radius 1 is 1.21 bits per heavy atom. The Bertz CT molecular complexity index is 475. The summed E-state index contributed by atoms with van der Waals surface area (Å²) in [6.07, 6.45) is 1.69. The lowest BCUT2D eigenvalue weighted by Crippen LogP contribution is -2.34. The zero-order chi connectivity index (χ0) is 13.6. The zero-order valence-electron chi connectivity index (χ0n) is 12.1. The van der Waals surface area contributed by atoms with Gasteiger partial charge in [0.1, 0.15) is 5.75 Å². The van der Waals surface area contributed by atoms with Gasteiger partial charge in [0.05, 0.1) is 5.92 Å². The van der Waals surface area contributed by atoms with Gasteiger partial charge in [-0.15, -0.1) is 0 Å². The van der Waals surface area contributed by atoms with Crippen LogP contribution in [0.4, 0.5) is 0 Å². The molecule has 0 aliphatic carbocycles. The number of rotatable bonds is 1. The third kappa shape index (κ3) is 2.26. The molecule has 0 radical (unpaired) electrons. The van der Waals surface area contributed by atoms with E-state index in [2.05, 4.69) is 39.0 Å². The van der Waals surface area contributed by atoms with E-state index in [4.69, 9.17) is 14.2 Å². The minimum absolute atomic E-state index is 0.127. The highest BCUT2D eigenvalue weighted by atomic mass is 16.8. The second-order valence-corrected chi connectivity index (χ2v) is 6.47. The molecule has 3 rings (SSSR count). The highest BCUT2D eigenvalue weighted by Gasteiger charge is 2.40. The molecule has 0 N–H and O–H groups in total. The minimum Gasteiger partial charge on any atom is -0.464 e. The van der Waals surface area contributed by atoms with Gasteiger partial charge in [-0.05, 0) is 29.9 Å². The largest absolute Gasteiger partial charge is 0.464 e. The normalized spacial score (nSPS) is 29.6. The van der Waals surface area contributed by atoms with E-state index in [1.807, 2.05) is 0 Å². The fourth-order valence-electron chi connectivity index (χ4n) is 2.89. The Hall–Kier alpha value is -1.06. The maximum Gasteiger partial charge on any atom is 0.209 e.